The van der Waals surface area contributed by atoms with Gasteiger partial charge in [-0.15, -0.1) is 0 Å². The molecule has 2 aliphatic rings. The van der Waals surface area contributed by atoms with Gasteiger partial charge in [0.05, 0.1) is 11.4 Å². The van der Waals surface area contributed by atoms with Crippen molar-refractivity contribution in [1.82, 2.24) is 24.6 Å². The lowest BCUT2D eigenvalue weighted by Crippen LogP contribution is -2.47. The fourth-order valence-electron chi connectivity index (χ4n) is 4.17. The summed E-state index contributed by atoms with van der Waals surface area (Å²) in [5, 5.41) is 4.77. The van der Waals surface area contributed by atoms with Crippen molar-refractivity contribution in [3.05, 3.63) is 28.7 Å². The lowest BCUT2D eigenvalue weighted by atomic mass is 9.95. The number of anilines is 2. The molecule has 27 heavy (non-hydrogen) atoms. The summed E-state index contributed by atoms with van der Waals surface area (Å²) in [5.74, 6) is 1.83. The summed E-state index contributed by atoms with van der Waals surface area (Å²) in [7, 11) is 6.16. The molecule has 146 valence electrons. The van der Waals surface area contributed by atoms with Crippen LogP contribution in [-0.4, -0.2) is 64.9 Å². The minimum absolute atomic E-state index is 0.858. The van der Waals surface area contributed by atoms with Crippen LogP contribution in [0.25, 0.3) is 0 Å². The van der Waals surface area contributed by atoms with E-state index in [-0.39, 0.29) is 0 Å². The average molecular weight is 370 g/mol. The smallest absolute Gasteiger partial charge is 0.227 e. The third kappa shape index (κ3) is 3.78. The normalized spacial score (nSPS) is 17.9. The molecule has 0 amide bonds. The van der Waals surface area contributed by atoms with E-state index in [9.17, 15) is 0 Å². The number of nitrogens with zero attached hydrogens (tertiary/aromatic N) is 7. The lowest BCUT2D eigenvalue weighted by Gasteiger charge is -2.35. The number of piperazine rings is 1. The Morgan fingerprint density at radius 3 is 2.52 bits per heavy atom. The quantitative estimate of drug-likeness (QED) is 0.819. The summed E-state index contributed by atoms with van der Waals surface area (Å²) in [5.41, 5.74) is 5.29. The van der Waals surface area contributed by atoms with Crippen LogP contribution in [0.5, 0.6) is 0 Å². The largest absolute Gasteiger partial charge is 0.363 e. The predicted molar refractivity (Wildman–Crippen MR) is 108 cm³/mol. The first-order valence-corrected chi connectivity index (χ1v) is 10.0. The molecule has 1 saturated heterocycles. The number of aromatic nitrogens is 4. The van der Waals surface area contributed by atoms with Gasteiger partial charge in [0, 0.05) is 65.6 Å². The van der Waals surface area contributed by atoms with Gasteiger partial charge in [0.25, 0.3) is 0 Å². The highest BCUT2D eigenvalue weighted by atomic mass is 15.3. The van der Waals surface area contributed by atoms with Gasteiger partial charge in [-0.05, 0) is 38.2 Å². The van der Waals surface area contributed by atoms with E-state index in [2.05, 4.69) is 26.5 Å². The summed E-state index contributed by atoms with van der Waals surface area (Å²) in [6.07, 6.45) is 4.94. The number of fused-ring (bicyclic) bond motifs is 1. The van der Waals surface area contributed by atoms with Gasteiger partial charge in [-0.3, -0.25) is 9.58 Å². The second-order valence-corrected chi connectivity index (χ2v) is 8.03. The van der Waals surface area contributed by atoms with Crippen molar-refractivity contribution in [2.45, 2.75) is 39.2 Å². The Labute approximate surface area is 162 Å². The number of aryl methyl sites for hydroxylation is 3. The van der Waals surface area contributed by atoms with Crippen molar-refractivity contribution in [3.63, 3.8) is 0 Å². The first-order valence-electron chi connectivity index (χ1n) is 10.0. The Morgan fingerprint density at radius 1 is 1.04 bits per heavy atom. The molecule has 7 heteroatoms. The molecule has 2 aromatic rings. The first kappa shape index (κ1) is 18.2. The van der Waals surface area contributed by atoms with Crippen LogP contribution < -0.4 is 9.80 Å². The molecular weight excluding hydrogens is 338 g/mol. The molecule has 0 spiro atoms. The number of rotatable bonds is 4. The van der Waals surface area contributed by atoms with Crippen LogP contribution in [0.3, 0.4) is 0 Å². The van der Waals surface area contributed by atoms with Crippen molar-refractivity contribution in [2.75, 3.05) is 50.1 Å². The molecule has 7 nitrogen and oxygen atoms in total. The summed E-state index contributed by atoms with van der Waals surface area (Å²) in [4.78, 5) is 16.3. The molecule has 1 aliphatic carbocycles. The standard InChI is InChI=1S/C20H31N7/c1-15-13-19(24(2)3)22-20(21-15)27-11-9-26(10-12-27)14-18-16-7-5-6-8-17(16)23-25(18)4/h13H,5-12,14H2,1-4H3. The van der Waals surface area contributed by atoms with E-state index >= 15 is 0 Å². The maximum atomic E-state index is 4.77. The highest BCUT2D eigenvalue weighted by Gasteiger charge is 2.24. The molecule has 0 unspecified atom stereocenters. The molecule has 0 atom stereocenters. The summed E-state index contributed by atoms with van der Waals surface area (Å²) in [6, 6.07) is 2.03. The van der Waals surface area contributed by atoms with E-state index < -0.39 is 0 Å². The maximum Gasteiger partial charge on any atom is 0.227 e. The van der Waals surface area contributed by atoms with Crippen LogP contribution in [-0.2, 0) is 26.4 Å². The highest BCUT2D eigenvalue weighted by molar-refractivity contribution is 5.45. The lowest BCUT2D eigenvalue weighted by molar-refractivity contribution is 0.242. The topological polar surface area (TPSA) is 53.3 Å². The number of hydrogen-bond acceptors (Lipinski definition) is 6. The summed E-state index contributed by atoms with van der Waals surface area (Å²) < 4.78 is 2.12. The maximum absolute atomic E-state index is 4.77. The molecule has 4 rings (SSSR count). The molecule has 0 radical (unpaired) electrons. The van der Waals surface area contributed by atoms with E-state index in [0.29, 0.717) is 0 Å². The van der Waals surface area contributed by atoms with Crippen molar-refractivity contribution < 1.29 is 0 Å². The van der Waals surface area contributed by atoms with E-state index in [4.69, 9.17) is 10.1 Å². The van der Waals surface area contributed by atoms with Crippen molar-refractivity contribution in [2.24, 2.45) is 7.05 Å². The van der Waals surface area contributed by atoms with E-state index in [1.807, 2.05) is 32.0 Å². The van der Waals surface area contributed by atoms with Gasteiger partial charge in [-0.2, -0.15) is 10.1 Å². The van der Waals surface area contributed by atoms with Gasteiger partial charge in [0.15, 0.2) is 0 Å². The van der Waals surface area contributed by atoms with Crippen LogP contribution in [0.2, 0.25) is 0 Å². The molecule has 2 aromatic heterocycles. The van der Waals surface area contributed by atoms with Gasteiger partial charge in [0.1, 0.15) is 5.82 Å². The monoisotopic (exact) mass is 369 g/mol. The second kappa shape index (κ2) is 7.46. The zero-order valence-electron chi connectivity index (χ0n) is 17.1. The van der Waals surface area contributed by atoms with Gasteiger partial charge in [0.2, 0.25) is 5.95 Å². The SMILES string of the molecule is Cc1cc(N(C)C)nc(N2CCN(Cc3c4c(nn3C)CCCC4)CC2)n1. The first-order chi connectivity index (χ1) is 13.0. The Morgan fingerprint density at radius 2 is 1.78 bits per heavy atom. The number of hydrogen-bond donors (Lipinski definition) is 0. The fraction of sp³-hybridized carbons (Fsp3) is 0.650. The zero-order chi connectivity index (χ0) is 19.0. The predicted octanol–water partition coefficient (Wildman–Crippen LogP) is 1.79. The van der Waals surface area contributed by atoms with Gasteiger partial charge in [-0.1, -0.05) is 0 Å². The second-order valence-electron chi connectivity index (χ2n) is 8.03. The molecule has 1 aliphatic heterocycles. The van der Waals surface area contributed by atoms with Gasteiger partial charge in [-0.25, -0.2) is 4.98 Å². The minimum Gasteiger partial charge on any atom is -0.363 e. The molecular formula is C20H31N7. The van der Waals surface area contributed by atoms with E-state index in [0.717, 1.165) is 56.6 Å². The summed E-state index contributed by atoms with van der Waals surface area (Å²) >= 11 is 0. The van der Waals surface area contributed by atoms with Crippen molar-refractivity contribution in [3.8, 4) is 0 Å². The fourth-order valence-corrected chi connectivity index (χ4v) is 4.17. The Balaban J connectivity index is 1.42. The molecule has 0 bridgehead atoms. The molecule has 0 aromatic carbocycles. The molecule has 0 N–H and O–H groups in total. The average Bonchev–Trinajstić information content (AvgIpc) is 2.97. The Hall–Kier alpha value is -2.15. The Kier molecular flexibility index (Phi) is 5.04. The molecule has 0 saturated carbocycles. The van der Waals surface area contributed by atoms with Crippen LogP contribution in [0.4, 0.5) is 11.8 Å². The zero-order valence-corrected chi connectivity index (χ0v) is 17.1. The third-order valence-corrected chi connectivity index (χ3v) is 5.76. The summed E-state index contributed by atoms with van der Waals surface area (Å²) in [6.45, 7) is 7.06. The Bertz CT molecular complexity index is 803. The highest BCUT2D eigenvalue weighted by Crippen LogP contribution is 2.25. The van der Waals surface area contributed by atoms with Crippen LogP contribution in [0.1, 0.15) is 35.5 Å². The van der Waals surface area contributed by atoms with E-state index in [1.165, 1.54) is 36.2 Å². The minimum atomic E-state index is 0.858. The molecule has 1 fully saturated rings. The van der Waals surface area contributed by atoms with Gasteiger partial charge >= 0.3 is 0 Å². The van der Waals surface area contributed by atoms with Crippen molar-refractivity contribution >= 4 is 11.8 Å². The van der Waals surface area contributed by atoms with Gasteiger partial charge < -0.3 is 9.80 Å². The third-order valence-electron chi connectivity index (χ3n) is 5.76. The van der Waals surface area contributed by atoms with Crippen LogP contribution >= 0.6 is 0 Å². The van der Waals surface area contributed by atoms with Crippen LogP contribution in [0, 0.1) is 6.92 Å². The van der Waals surface area contributed by atoms with Crippen molar-refractivity contribution in [1.29, 1.82) is 0 Å². The molecule has 3 heterocycles. The van der Waals surface area contributed by atoms with E-state index in [1.54, 1.807) is 0 Å². The van der Waals surface area contributed by atoms with Crippen LogP contribution in [0.15, 0.2) is 6.07 Å².